The average Bonchev–Trinajstić information content (AvgIpc) is 3.30. The number of hydrogen-bond donors (Lipinski definition) is 1. The topological polar surface area (TPSA) is 59.4 Å². The summed E-state index contributed by atoms with van der Waals surface area (Å²) in [6, 6.07) is 10.7. The van der Waals surface area contributed by atoms with Crippen molar-refractivity contribution in [2.45, 2.75) is 64.9 Å². The maximum absolute atomic E-state index is 11.1. The molecule has 0 spiro atoms. The van der Waals surface area contributed by atoms with Crippen LogP contribution in [0.2, 0.25) is 0 Å². The number of benzene rings is 1. The first kappa shape index (κ1) is 18.0. The van der Waals surface area contributed by atoms with E-state index >= 15 is 0 Å². The molecule has 6 heteroatoms. The minimum Gasteiger partial charge on any atom is -0.490 e. The third kappa shape index (κ3) is 4.69. The van der Waals surface area contributed by atoms with E-state index in [-0.39, 0.29) is 5.91 Å². The van der Waals surface area contributed by atoms with Gasteiger partial charge in [0.25, 0.3) is 0 Å². The van der Waals surface area contributed by atoms with Gasteiger partial charge in [0.2, 0.25) is 5.91 Å². The van der Waals surface area contributed by atoms with E-state index in [1.807, 2.05) is 0 Å². The van der Waals surface area contributed by atoms with Crippen molar-refractivity contribution in [2.24, 2.45) is 0 Å². The first-order valence-electron chi connectivity index (χ1n) is 9.94. The second-order valence-corrected chi connectivity index (χ2v) is 7.64. The van der Waals surface area contributed by atoms with Crippen molar-refractivity contribution < 1.29 is 9.53 Å². The van der Waals surface area contributed by atoms with Gasteiger partial charge in [-0.2, -0.15) is 5.10 Å². The molecule has 6 nitrogen and oxygen atoms in total. The van der Waals surface area contributed by atoms with Gasteiger partial charge in [-0.3, -0.25) is 14.4 Å². The summed E-state index contributed by atoms with van der Waals surface area (Å²) in [5, 5.41) is 7.40. The van der Waals surface area contributed by atoms with E-state index in [0.29, 0.717) is 12.6 Å². The molecular formula is C21H28N4O2. The summed E-state index contributed by atoms with van der Waals surface area (Å²) in [4.78, 5) is 13.5. The largest absolute Gasteiger partial charge is 0.490 e. The van der Waals surface area contributed by atoms with E-state index in [4.69, 9.17) is 4.74 Å². The molecule has 4 rings (SSSR count). The Morgan fingerprint density at radius 2 is 2.00 bits per heavy atom. The number of carbonyl (C=O) groups is 1. The molecule has 1 fully saturated rings. The lowest BCUT2D eigenvalue weighted by Crippen LogP contribution is -2.33. The van der Waals surface area contributed by atoms with Gasteiger partial charge in [0, 0.05) is 26.6 Å². The van der Waals surface area contributed by atoms with Crippen molar-refractivity contribution in [1.82, 2.24) is 20.0 Å². The van der Waals surface area contributed by atoms with Crippen molar-refractivity contribution in [2.75, 3.05) is 6.54 Å². The predicted octanol–water partition coefficient (Wildman–Crippen LogP) is 2.86. The Balaban J connectivity index is 1.32. The van der Waals surface area contributed by atoms with Gasteiger partial charge in [-0.15, -0.1) is 0 Å². The number of aromatic nitrogens is 2. The molecule has 0 unspecified atom stereocenters. The first-order chi connectivity index (χ1) is 13.2. The molecule has 1 amide bonds. The molecule has 1 aromatic heterocycles. The minimum atomic E-state index is -0.0250. The highest BCUT2D eigenvalue weighted by molar-refractivity contribution is 5.72. The fourth-order valence-corrected chi connectivity index (χ4v) is 3.95. The zero-order valence-electron chi connectivity index (χ0n) is 16.0. The second-order valence-electron chi connectivity index (χ2n) is 7.64. The summed E-state index contributed by atoms with van der Waals surface area (Å²) in [6.07, 6.45) is 5.37. The maximum Gasteiger partial charge on any atom is 0.217 e. The van der Waals surface area contributed by atoms with E-state index in [0.717, 1.165) is 37.6 Å². The molecule has 0 atom stereocenters. The minimum absolute atomic E-state index is 0.0250. The lowest BCUT2D eigenvalue weighted by Gasteiger charge is -2.27. The number of nitrogens with one attached hydrogen (secondary N) is 1. The van der Waals surface area contributed by atoms with Gasteiger partial charge >= 0.3 is 0 Å². The molecule has 27 heavy (non-hydrogen) atoms. The van der Waals surface area contributed by atoms with Gasteiger partial charge in [-0.05, 0) is 49.4 Å². The summed E-state index contributed by atoms with van der Waals surface area (Å²) in [5.41, 5.74) is 3.44. The molecule has 1 aliphatic heterocycles. The van der Waals surface area contributed by atoms with Crippen LogP contribution in [-0.2, 0) is 31.0 Å². The van der Waals surface area contributed by atoms with Gasteiger partial charge in [-0.1, -0.05) is 12.1 Å². The third-order valence-corrected chi connectivity index (χ3v) is 5.38. The molecule has 1 aromatic carbocycles. The zero-order valence-corrected chi connectivity index (χ0v) is 16.0. The molecule has 2 aliphatic rings. The Labute approximate surface area is 160 Å². The molecule has 1 saturated carbocycles. The van der Waals surface area contributed by atoms with Crippen LogP contribution in [0, 0.1) is 0 Å². The van der Waals surface area contributed by atoms with Crippen LogP contribution in [0.5, 0.6) is 5.75 Å². The normalized spacial score (nSPS) is 17.7. The fourth-order valence-electron chi connectivity index (χ4n) is 3.95. The summed E-state index contributed by atoms with van der Waals surface area (Å²) in [7, 11) is 0. The molecule has 2 heterocycles. The number of rotatable bonds is 6. The van der Waals surface area contributed by atoms with E-state index in [9.17, 15) is 4.79 Å². The van der Waals surface area contributed by atoms with Crippen LogP contribution in [0.3, 0.4) is 0 Å². The number of hydrogen-bond acceptors (Lipinski definition) is 4. The molecule has 0 radical (unpaired) electrons. The Bertz CT molecular complexity index is 778. The van der Waals surface area contributed by atoms with E-state index in [1.165, 1.54) is 43.9 Å². The smallest absolute Gasteiger partial charge is 0.217 e. The second kappa shape index (κ2) is 8.13. The Morgan fingerprint density at radius 1 is 1.22 bits per heavy atom. The van der Waals surface area contributed by atoms with Crippen LogP contribution in [-0.4, -0.2) is 33.2 Å². The Kier molecular flexibility index (Phi) is 5.43. The number of amides is 1. The van der Waals surface area contributed by atoms with Crippen molar-refractivity contribution in [1.29, 1.82) is 0 Å². The molecule has 144 valence electrons. The molecule has 1 N–H and O–H groups in total. The highest BCUT2D eigenvalue weighted by Gasteiger charge is 2.19. The van der Waals surface area contributed by atoms with Gasteiger partial charge in [0.1, 0.15) is 5.75 Å². The monoisotopic (exact) mass is 368 g/mol. The van der Waals surface area contributed by atoms with Crippen LogP contribution in [0.4, 0.5) is 0 Å². The van der Waals surface area contributed by atoms with Crippen molar-refractivity contribution in [3.63, 3.8) is 0 Å². The van der Waals surface area contributed by atoms with Crippen LogP contribution in [0.1, 0.15) is 49.6 Å². The molecule has 1 aliphatic carbocycles. The molecule has 0 saturated heterocycles. The summed E-state index contributed by atoms with van der Waals surface area (Å²) < 4.78 is 8.12. The van der Waals surface area contributed by atoms with Crippen LogP contribution in [0.15, 0.2) is 30.3 Å². The van der Waals surface area contributed by atoms with Crippen molar-refractivity contribution in [3.8, 4) is 5.75 Å². The number of fused-ring (bicyclic) bond motifs is 1. The first-order valence-corrected chi connectivity index (χ1v) is 9.94. The fraction of sp³-hybridized carbons (Fsp3) is 0.524. The SMILES string of the molecule is CC(=O)NCc1cc2n(n1)CCN(Cc1ccc(OC3CCCC3)cc1)C2. The van der Waals surface area contributed by atoms with Crippen LogP contribution < -0.4 is 10.1 Å². The number of carbonyl (C=O) groups excluding carboxylic acids is 1. The van der Waals surface area contributed by atoms with Crippen LogP contribution >= 0.6 is 0 Å². The Morgan fingerprint density at radius 3 is 2.74 bits per heavy atom. The van der Waals surface area contributed by atoms with Gasteiger partial charge in [0.05, 0.1) is 30.6 Å². The average molecular weight is 368 g/mol. The zero-order chi connectivity index (χ0) is 18.6. The summed E-state index contributed by atoms with van der Waals surface area (Å²) in [6.45, 7) is 5.70. The Hall–Kier alpha value is -2.34. The van der Waals surface area contributed by atoms with Gasteiger partial charge < -0.3 is 10.1 Å². The lowest BCUT2D eigenvalue weighted by atomic mass is 10.2. The van der Waals surface area contributed by atoms with Crippen LogP contribution in [0.25, 0.3) is 0 Å². The standard InChI is InChI=1S/C21H28N4O2/c1-16(26)22-13-18-12-19-15-24(10-11-25(19)23-18)14-17-6-8-21(9-7-17)27-20-4-2-3-5-20/h6-9,12,20H,2-5,10-11,13-15H2,1H3,(H,22,26). The molecule has 0 bridgehead atoms. The van der Waals surface area contributed by atoms with E-state index < -0.39 is 0 Å². The van der Waals surface area contributed by atoms with Crippen molar-refractivity contribution in [3.05, 3.63) is 47.3 Å². The third-order valence-electron chi connectivity index (χ3n) is 5.38. The van der Waals surface area contributed by atoms with Gasteiger partial charge in [-0.25, -0.2) is 0 Å². The summed E-state index contributed by atoms with van der Waals surface area (Å²) in [5.74, 6) is 0.966. The lowest BCUT2D eigenvalue weighted by molar-refractivity contribution is -0.119. The quantitative estimate of drug-likeness (QED) is 0.852. The highest BCUT2D eigenvalue weighted by Crippen LogP contribution is 2.25. The predicted molar refractivity (Wildman–Crippen MR) is 103 cm³/mol. The molecule has 2 aromatic rings. The molecular weight excluding hydrogens is 340 g/mol. The maximum atomic E-state index is 11.1. The van der Waals surface area contributed by atoms with E-state index in [2.05, 4.69) is 50.3 Å². The number of ether oxygens (including phenoxy) is 1. The van der Waals surface area contributed by atoms with E-state index in [1.54, 1.807) is 0 Å². The number of nitrogens with zero attached hydrogens (tertiary/aromatic N) is 3. The summed E-state index contributed by atoms with van der Waals surface area (Å²) >= 11 is 0. The highest BCUT2D eigenvalue weighted by atomic mass is 16.5. The van der Waals surface area contributed by atoms with Gasteiger partial charge in [0.15, 0.2) is 0 Å². The van der Waals surface area contributed by atoms with Crippen molar-refractivity contribution >= 4 is 5.91 Å².